The molecule has 0 bridgehead atoms. The zero-order valence-electron chi connectivity index (χ0n) is 18.9. The van der Waals surface area contributed by atoms with Gasteiger partial charge in [-0.3, -0.25) is 4.79 Å². The molecule has 1 aliphatic heterocycles. The fourth-order valence-electron chi connectivity index (χ4n) is 4.30. The second-order valence-corrected chi connectivity index (χ2v) is 9.08. The zero-order chi connectivity index (χ0) is 23.2. The SMILES string of the molecule is COc1ccc(COc2nc(N3CCCCC3)ncc2C(=O)NC2CCC(O)CC2)cc1Cl. The number of methoxy groups -OCH3 is 1. The quantitative estimate of drug-likeness (QED) is 0.630. The van der Waals surface area contributed by atoms with E-state index in [4.69, 9.17) is 21.1 Å². The van der Waals surface area contributed by atoms with E-state index in [9.17, 15) is 9.90 Å². The number of carbonyl (C=O) groups excluding carboxylic acids is 1. The molecule has 1 saturated heterocycles. The van der Waals surface area contributed by atoms with Gasteiger partial charge < -0.3 is 24.8 Å². The topological polar surface area (TPSA) is 96.8 Å². The van der Waals surface area contributed by atoms with Crippen molar-refractivity contribution in [3.8, 4) is 11.6 Å². The maximum Gasteiger partial charge on any atom is 0.258 e. The van der Waals surface area contributed by atoms with E-state index in [1.807, 2.05) is 6.07 Å². The molecule has 1 amide bonds. The molecule has 2 aromatic rings. The first-order chi connectivity index (χ1) is 16.0. The van der Waals surface area contributed by atoms with Gasteiger partial charge in [0.25, 0.3) is 5.91 Å². The van der Waals surface area contributed by atoms with E-state index in [1.165, 1.54) is 6.42 Å². The van der Waals surface area contributed by atoms with E-state index < -0.39 is 0 Å². The number of anilines is 1. The smallest absolute Gasteiger partial charge is 0.258 e. The van der Waals surface area contributed by atoms with Crippen LogP contribution >= 0.6 is 11.6 Å². The zero-order valence-corrected chi connectivity index (χ0v) is 19.7. The molecule has 0 atom stereocenters. The number of halogens is 1. The van der Waals surface area contributed by atoms with Gasteiger partial charge in [0.15, 0.2) is 0 Å². The van der Waals surface area contributed by atoms with Crippen LogP contribution in [-0.2, 0) is 6.61 Å². The molecule has 33 heavy (non-hydrogen) atoms. The Morgan fingerprint density at radius 1 is 1.21 bits per heavy atom. The molecule has 2 heterocycles. The van der Waals surface area contributed by atoms with E-state index in [1.54, 1.807) is 25.4 Å². The molecule has 0 spiro atoms. The van der Waals surface area contributed by atoms with Crippen LogP contribution in [0.25, 0.3) is 0 Å². The molecule has 178 valence electrons. The van der Waals surface area contributed by atoms with Crippen LogP contribution in [0, 0.1) is 0 Å². The van der Waals surface area contributed by atoms with Crippen molar-refractivity contribution in [2.75, 3.05) is 25.1 Å². The number of nitrogens with one attached hydrogen (secondary N) is 1. The molecule has 1 aromatic carbocycles. The average molecular weight is 475 g/mol. The van der Waals surface area contributed by atoms with E-state index in [2.05, 4.69) is 20.2 Å². The van der Waals surface area contributed by atoms with Gasteiger partial charge in [-0.1, -0.05) is 17.7 Å². The van der Waals surface area contributed by atoms with Crippen molar-refractivity contribution in [3.05, 3.63) is 40.5 Å². The lowest BCUT2D eigenvalue weighted by atomic mass is 9.93. The number of rotatable bonds is 7. The van der Waals surface area contributed by atoms with Crippen molar-refractivity contribution in [1.82, 2.24) is 15.3 Å². The maximum atomic E-state index is 13.1. The average Bonchev–Trinajstić information content (AvgIpc) is 2.84. The number of aliphatic hydroxyl groups is 1. The molecule has 1 saturated carbocycles. The first-order valence-electron chi connectivity index (χ1n) is 11.6. The van der Waals surface area contributed by atoms with Crippen LogP contribution in [0.5, 0.6) is 11.6 Å². The summed E-state index contributed by atoms with van der Waals surface area (Å²) in [5.74, 6) is 1.16. The Bertz CT molecular complexity index is 959. The van der Waals surface area contributed by atoms with Crippen LogP contribution in [0.2, 0.25) is 5.02 Å². The minimum absolute atomic E-state index is 0.0240. The molecule has 0 radical (unpaired) electrons. The Kier molecular flexibility index (Phi) is 7.88. The van der Waals surface area contributed by atoms with Crippen LogP contribution in [0.15, 0.2) is 24.4 Å². The number of carbonyl (C=O) groups is 1. The van der Waals surface area contributed by atoms with Crippen LogP contribution in [0.1, 0.15) is 60.9 Å². The summed E-state index contributed by atoms with van der Waals surface area (Å²) in [6, 6.07) is 5.45. The Labute approximate surface area is 199 Å². The lowest BCUT2D eigenvalue weighted by Gasteiger charge is -2.28. The van der Waals surface area contributed by atoms with Gasteiger partial charge in [-0.25, -0.2) is 4.98 Å². The van der Waals surface area contributed by atoms with Gasteiger partial charge in [0.1, 0.15) is 17.9 Å². The third-order valence-electron chi connectivity index (χ3n) is 6.25. The molecule has 4 rings (SSSR count). The standard InChI is InChI=1S/C24H31ClN4O4/c1-32-21-10-5-16(13-20(21)25)15-33-23-19(22(31)27-17-6-8-18(30)9-7-17)14-26-24(28-23)29-11-3-2-4-12-29/h5,10,13-14,17-18,30H,2-4,6-9,11-12,15H2,1H3,(H,27,31). The number of amides is 1. The number of hydrogen-bond donors (Lipinski definition) is 2. The molecule has 2 N–H and O–H groups in total. The summed E-state index contributed by atoms with van der Waals surface area (Å²) in [5, 5.41) is 13.3. The van der Waals surface area contributed by atoms with Crippen molar-refractivity contribution in [2.24, 2.45) is 0 Å². The molecule has 0 unspecified atom stereocenters. The molecule has 1 aliphatic carbocycles. The lowest BCUT2D eigenvalue weighted by Crippen LogP contribution is -2.39. The molecule has 2 aliphatic rings. The summed E-state index contributed by atoms with van der Waals surface area (Å²) in [6.45, 7) is 1.99. The molecule has 2 fully saturated rings. The maximum absolute atomic E-state index is 13.1. The highest BCUT2D eigenvalue weighted by Gasteiger charge is 2.25. The van der Waals surface area contributed by atoms with Crippen molar-refractivity contribution in [1.29, 1.82) is 0 Å². The van der Waals surface area contributed by atoms with Gasteiger partial charge in [0.2, 0.25) is 11.8 Å². The van der Waals surface area contributed by atoms with Gasteiger partial charge >= 0.3 is 0 Å². The van der Waals surface area contributed by atoms with E-state index in [0.717, 1.165) is 44.3 Å². The summed E-state index contributed by atoms with van der Waals surface area (Å²) in [4.78, 5) is 24.3. The summed E-state index contributed by atoms with van der Waals surface area (Å²) in [5.41, 5.74) is 1.15. The summed E-state index contributed by atoms with van der Waals surface area (Å²) in [7, 11) is 1.57. The van der Waals surface area contributed by atoms with Gasteiger partial charge in [-0.15, -0.1) is 0 Å². The fraction of sp³-hybridized carbons (Fsp3) is 0.542. The first kappa shape index (κ1) is 23.6. The number of hydrogen-bond acceptors (Lipinski definition) is 7. The fourth-order valence-corrected chi connectivity index (χ4v) is 4.58. The largest absolute Gasteiger partial charge is 0.495 e. The second kappa shape index (κ2) is 11.0. The second-order valence-electron chi connectivity index (χ2n) is 8.67. The monoisotopic (exact) mass is 474 g/mol. The Balaban J connectivity index is 1.53. The lowest BCUT2D eigenvalue weighted by molar-refractivity contribution is 0.0862. The molecular weight excluding hydrogens is 444 g/mol. The number of aromatic nitrogens is 2. The number of aliphatic hydroxyl groups excluding tert-OH is 1. The number of piperidine rings is 1. The summed E-state index contributed by atoms with van der Waals surface area (Å²) >= 11 is 6.24. The van der Waals surface area contributed by atoms with Gasteiger partial charge in [-0.05, 0) is 62.6 Å². The van der Waals surface area contributed by atoms with Crippen molar-refractivity contribution >= 4 is 23.5 Å². The highest BCUT2D eigenvalue weighted by molar-refractivity contribution is 6.32. The Morgan fingerprint density at radius 3 is 2.67 bits per heavy atom. The van der Waals surface area contributed by atoms with Crippen molar-refractivity contribution < 1.29 is 19.4 Å². The highest BCUT2D eigenvalue weighted by Crippen LogP contribution is 2.27. The number of benzene rings is 1. The molecule has 9 heteroatoms. The highest BCUT2D eigenvalue weighted by atomic mass is 35.5. The van der Waals surface area contributed by atoms with Gasteiger partial charge in [0.05, 0.1) is 18.2 Å². The number of ether oxygens (including phenoxy) is 2. The van der Waals surface area contributed by atoms with E-state index in [0.29, 0.717) is 35.1 Å². The van der Waals surface area contributed by atoms with Gasteiger partial charge in [-0.2, -0.15) is 4.98 Å². The third-order valence-corrected chi connectivity index (χ3v) is 6.54. The first-order valence-corrected chi connectivity index (χ1v) is 12.0. The van der Waals surface area contributed by atoms with Crippen molar-refractivity contribution in [3.63, 3.8) is 0 Å². The minimum Gasteiger partial charge on any atom is -0.495 e. The van der Waals surface area contributed by atoms with E-state index in [-0.39, 0.29) is 30.5 Å². The normalized spacial score (nSPS) is 20.9. The minimum atomic E-state index is -0.277. The van der Waals surface area contributed by atoms with E-state index >= 15 is 0 Å². The molecule has 8 nitrogen and oxygen atoms in total. The third kappa shape index (κ3) is 6.06. The van der Waals surface area contributed by atoms with Crippen LogP contribution < -0.4 is 19.7 Å². The summed E-state index contributed by atoms with van der Waals surface area (Å²) in [6.07, 6.45) is 7.56. The Hall–Kier alpha value is -2.58. The summed E-state index contributed by atoms with van der Waals surface area (Å²) < 4.78 is 11.2. The number of nitrogens with zero attached hydrogens (tertiary/aromatic N) is 3. The molecule has 1 aromatic heterocycles. The predicted octanol–water partition coefficient (Wildman–Crippen LogP) is 3.74. The molecular formula is C24H31ClN4O4. The van der Waals surface area contributed by atoms with Crippen molar-refractivity contribution in [2.45, 2.75) is 63.7 Å². The Morgan fingerprint density at radius 2 is 1.97 bits per heavy atom. The van der Waals surface area contributed by atoms with Crippen LogP contribution in [0.3, 0.4) is 0 Å². The predicted molar refractivity (Wildman–Crippen MR) is 126 cm³/mol. The van der Waals surface area contributed by atoms with Gasteiger partial charge in [0, 0.05) is 25.3 Å². The van der Waals surface area contributed by atoms with Crippen LogP contribution in [0.4, 0.5) is 5.95 Å². The van der Waals surface area contributed by atoms with Crippen LogP contribution in [-0.4, -0.2) is 53.3 Å².